The SMILES string of the molecule is CCCC(=O)NC12C(=O)c3ccccc3C1(O)Oc1cc(C(C)C)ccc12. The molecular formula is C22H23NO4. The summed E-state index contributed by atoms with van der Waals surface area (Å²) in [7, 11) is 0. The van der Waals surface area contributed by atoms with Gasteiger partial charge in [0, 0.05) is 23.1 Å². The molecule has 2 unspecified atom stereocenters. The molecule has 4 rings (SSSR count). The van der Waals surface area contributed by atoms with Crippen molar-refractivity contribution in [3.05, 3.63) is 64.7 Å². The van der Waals surface area contributed by atoms with Crippen LogP contribution in [0.3, 0.4) is 0 Å². The Morgan fingerprint density at radius 2 is 1.93 bits per heavy atom. The fourth-order valence-corrected chi connectivity index (χ4v) is 4.13. The zero-order valence-corrected chi connectivity index (χ0v) is 15.7. The summed E-state index contributed by atoms with van der Waals surface area (Å²) in [6.45, 7) is 6.01. The average Bonchev–Trinajstić information content (AvgIpc) is 2.99. The number of carbonyl (C=O) groups is 2. The summed E-state index contributed by atoms with van der Waals surface area (Å²) in [6, 6.07) is 12.4. The maximum atomic E-state index is 13.5. The molecule has 2 aliphatic rings. The van der Waals surface area contributed by atoms with Gasteiger partial charge >= 0.3 is 0 Å². The highest BCUT2D eigenvalue weighted by atomic mass is 16.6. The third-order valence-corrected chi connectivity index (χ3v) is 5.52. The lowest BCUT2D eigenvalue weighted by Gasteiger charge is -2.34. The standard InChI is InChI=1S/C22H23NO4/c1-4-7-19(24)23-21-17-11-10-14(13(2)3)12-18(17)27-22(21,26)16-9-6-5-8-15(16)20(21)25/h5-6,8-13,26H,4,7H2,1-3H3,(H,23,24). The number of ether oxygens (including phenoxy) is 1. The maximum absolute atomic E-state index is 13.5. The van der Waals surface area contributed by atoms with Crippen molar-refractivity contribution >= 4 is 11.7 Å². The first-order chi connectivity index (χ1) is 12.8. The normalized spacial score (nSPS) is 25.0. The molecule has 0 bridgehead atoms. The van der Waals surface area contributed by atoms with Gasteiger partial charge in [0.15, 0.2) is 0 Å². The van der Waals surface area contributed by atoms with Gasteiger partial charge < -0.3 is 15.2 Å². The first-order valence-electron chi connectivity index (χ1n) is 9.36. The van der Waals surface area contributed by atoms with Gasteiger partial charge in [-0.2, -0.15) is 0 Å². The smallest absolute Gasteiger partial charge is 0.271 e. The molecule has 2 aromatic rings. The van der Waals surface area contributed by atoms with Crippen molar-refractivity contribution < 1.29 is 19.4 Å². The van der Waals surface area contributed by atoms with Crippen LogP contribution in [0.2, 0.25) is 0 Å². The third kappa shape index (κ3) is 2.21. The Labute approximate surface area is 158 Å². The summed E-state index contributed by atoms with van der Waals surface area (Å²) in [5.41, 5.74) is 0.631. The van der Waals surface area contributed by atoms with Crippen molar-refractivity contribution in [2.45, 2.75) is 50.9 Å². The predicted octanol–water partition coefficient (Wildman–Crippen LogP) is 3.36. The van der Waals surface area contributed by atoms with Crippen LogP contribution in [0.25, 0.3) is 0 Å². The van der Waals surface area contributed by atoms with Crippen LogP contribution in [0.4, 0.5) is 0 Å². The highest BCUT2D eigenvalue weighted by molar-refractivity contribution is 6.12. The van der Waals surface area contributed by atoms with Gasteiger partial charge in [0.1, 0.15) is 5.75 Å². The number of Topliss-reactive ketones (excluding diaryl/α,β-unsaturated/α-hetero) is 1. The lowest BCUT2D eigenvalue weighted by atomic mass is 9.82. The number of rotatable bonds is 4. The monoisotopic (exact) mass is 365 g/mol. The molecule has 1 heterocycles. The number of hydrogen-bond acceptors (Lipinski definition) is 4. The van der Waals surface area contributed by atoms with Gasteiger partial charge in [-0.05, 0) is 24.0 Å². The Morgan fingerprint density at radius 3 is 2.63 bits per heavy atom. The van der Waals surface area contributed by atoms with Crippen molar-refractivity contribution in [1.82, 2.24) is 5.32 Å². The fourth-order valence-electron chi connectivity index (χ4n) is 4.13. The number of carbonyl (C=O) groups excluding carboxylic acids is 2. The van der Waals surface area contributed by atoms with Gasteiger partial charge in [0.25, 0.3) is 5.79 Å². The predicted molar refractivity (Wildman–Crippen MR) is 101 cm³/mol. The largest absolute Gasteiger partial charge is 0.454 e. The van der Waals surface area contributed by atoms with Crippen LogP contribution in [0.1, 0.15) is 66.6 Å². The van der Waals surface area contributed by atoms with E-state index in [1.807, 2.05) is 19.1 Å². The minimum absolute atomic E-state index is 0.265. The molecule has 27 heavy (non-hydrogen) atoms. The van der Waals surface area contributed by atoms with Crippen LogP contribution in [0.15, 0.2) is 42.5 Å². The second kappa shape index (κ2) is 5.92. The van der Waals surface area contributed by atoms with Crippen molar-refractivity contribution in [3.8, 4) is 5.75 Å². The molecule has 140 valence electrons. The van der Waals surface area contributed by atoms with E-state index in [1.54, 1.807) is 30.3 Å². The van der Waals surface area contributed by atoms with Gasteiger partial charge in [-0.15, -0.1) is 0 Å². The van der Waals surface area contributed by atoms with Crippen molar-refractivity contribution in [3.63, 3.8) is 0 Å². The summed E-state index contributed by atoms with van der Waals surface area (Å²) in [5.74, 6) is -1.89. The van der Waals surface area contributed by atoms with Gasteiger partial charge in [0.05, 0.1) is 0 Å². The number of ketones is 1. The molecule has 0 saturated carbocycles. The lowest BCUT2D eigenvalue weighted by molar-refractivity contribution is -0.175. The second-order valence-electron chi connectivity index (χ2n) is 7.58. The fraction of sp³-hybridized carbons (Fsp3) is 0.364. The lowest BCUT2D eigenvalue weighted by Crippen LogP contribution is -2.60. The molecule has 0 aromatic heterocycles. The van der Waals surface area contributed by atoms with E-state index >= 15 is 0 Å². The van der Waals surface area contributed by atoms with Crippen LogP contribution in [-0.4, -0.2) is 16.8 Å². The minimum atomic E-state index is -1.96. The van der Waals surface area contributed by atoms with Crippen LogP contribution in [-0.2, 0) is 16.1 Å². The van der Waals surface area contributed by atoms with Gasteiger partial charge in [-0.25, -0.2) is 0 Å². The molecule has 1 amide bonds. The number of amides is 1. The zero-order valence-electron chi connectivity index (χ0n) is 15.7. The van der Waals surface area contributed by atoms with Gasteiger partial charge in [-0.3, -0.25) is 9.59 Å². The number of fused-ring (bicyclic) bond motifs is 5. The van der Waals surface area contributed by atoms with E-state index in [0.717, 1.165) is 5.56 Å². The molecule has 2 N–H and O–H groups in total. The minimum Gasteiger partial charge on any atom is -0.454 e. The number of aliphatic hydroxyl groups is 1. The second-order valence-corrected chi connectivity index (χ2v) is 7.58. The Morgan fingerprint density at radius 1 is 1.19 bits per heavy atom. The van der Waals surface area contributed by atoms with Gasteiger partial charge in [-0.1, -0.05) is 57.2 Å². The van der Waals surface area contributed by atoms with E-state index in [1.165, 1.54) is 0 Å². The van der Waals surface area contributed by atoms with E-state index in [-0.39, 0.29) is 24.0 Å². The molecule has 0 spiro atoms. The van der Waals surface area contributed by atoms with E-state index in [9.17, 15) is 14.7 Å². The average molecular weight is 365 g/mol. The van der Waals surface area contributed by atoms with Crippen LogP contribution in [0.5, 0.6) is 5.75 Å². The van der Waals surface area contributed by atoms with Crippen LogP contribution < -0.4 is 10.1 Å². The summed E-state index contributed by atoms with van der Waals surface area (Å²) >= 11 is 0. The van der Waals surface area contributed by atoms with E-state index in [2.05, 4.69) is 19.2 Å². The molecule has 5 nitrogen and oxygen atoms in total. The van der Waals surface area contributed by atoms with Crippen molar-refractivity contribution in [2.24, 2.45) is 0 Å². The number of hydrogen-bond donors (Lipinski definition) is 2. The molecule has 2 atom stereocenters. The maximum Gasteiger partial charge on any atom is 0.271 e. The van der Waals surface area contributed by atoms with Crippen molar-refractivity contribution in [1.29, 1.82) is 0 Å². The third-order valence-electron chi connectivity index (χ3n) is 5.52. The molecule has 1 aliphatic heterocycles. The molecule has 2 aromatic carbocycles. The van der Waals surface area contributed by atoms with E-state index < -0.39 is 11.3 Å². The summed E-state index contributed by atoms with van der Waals surface area (Å²) < 4.78 is 6.01. The van der Waals surface area contributed by atoms with Crippen molar-refractivity contribution in [2.75, 3.05) is 0 Å². The summed E-state index contributed by atoms with van der Waals surface area (Å²) in [5, 5.41) is 14.4. The zero-order chi connectivity index (χ0) is 19.4. The number of nitrogens with one attached hydrogen (secondary N) is 1. The first kappa shape index (κ1) is 17.7. The Kier molecular flexibility index (Phi) is 3.89. The molecule has 5 heteroatoms. The Hall–Kier alpha value is -2.66. The van der Waals surface area contributed by atoms with Crippen LogP contribution in [0, 0.1) is 0 Å². The van der Waals surface area contributed by atoms with E-state index in [4.69, 9.17) is 4.74 Å². The Bertz CT molecular complexity index is 951. The highest BCUT2D eigenvalue weighted by Gasteiger charge is 2.71. The van der Waals surface area contributed by atoms with E-state index in [0.29, 0.717) is 28.9 Å². The molecule has 0 radical (unpaired) electrons. The molecule has 0 fully saturated rings. The quantitative estimate of drug-likeness (QED) is 0.871. The topological polar surface area (TPSA) is 75.6 Å². The Balaban J connectivity index is 1.95. The van der Waals surface area contributed by atoms with Gasteiger partial charge in [0.2, 0.25) is 17.2 Å². The van der Waals surface area contributed by atoms with Crippen LogP contribution >= 0.6 is 0 Å². The molecule has 0 saturated heterocycles. The number of benzene rings is 2. The molecular weight excluding hydrogens is 342 g/mol. The first-order valence-corrected chi connectivity index (χ1v) is 9.36. The summed E-state index contributed by atoms with van der Waals surface area (Å²) in [4.78, 5) is 26.0. The summed E-state index contributed by atoms with van der Waals surface area (Å²) in [6.07, 6.45) is 0.905. The highest BCUT2D eigenvalue weighted by Crippen LogP contribution is 2.58. The molecule has 1 aliphatic carbocycles.